The van der Waals surface area contributed by atoms with Crippen LogP contribution in [0.15, 0.2) is 33.9 Å². The average Bonchev–Trinajstić information content (AvgIpc) is 2.86. The van der Waals surface area contributed by atoms with E-state index in [1.54, 1.807) is 26.8 Å². The van der Waals surface area contributed by atoms with Gasteiger partial charge in [-0.3, -0.25) is 9.36 Å². The minimum Gasteiger partial charge on any atom is -0.476 e. The van der Waals surface area contributed by atoms with Crippen molar-refractivity contribution in [2.24, 2.45) is 0 Å². The number of carbonyl (C=O) groups excluding carboxylic acids is 1. The lowest BCUT2D eigenvalue weighted by Gasteiger charge is -2.24. The number of nitrogens with one attached hydrogen (secondary N) is 1. The van der Waals surface area contributed by atoms with Gasteiger partial charge in [0.15, 0.2) is 5.60 Å². The number of benzene rings is 1. The minimum absolute atomic E-state index is 0.0488. The zero-order valence-electron chi connectivity index (χ0n) is 22.3. The molecule has 0 aliphatic heterocycles. The number of aromatic nitrogens is 3. The summed E-state index contributed by atoms with van der Waals surface area (Å²) in [6, 6.07) is 9.20. The third-order valence-electron chi connectivity index (χ3n) is 5.62. The fraction of sp³-hybridized carbons (Fsp3) is 0.577. The van der Waals surface area contributed by atoms with Gasteiger partial charge in [-0.15, -0.1) is 5.10 Å². The summed E-state index contributed by atoms with van der Waals surface area (Å²) < 4.78 is 50.1. The van der Waals surface area contributed by atoms with Gasteiger partial charge in [-0.2, -0.15) is 18.4 Å². The maximum Gasteiger partial charge on any atom is 0.389 e. The molecule has 0 aliphatic carbocycles. The lowest BCUT2D eigenvalue weighted by molar-refractivity contribution is -0.158. The number of hydrogen-bond donors (Lipinski definition) is 1. The van der Waals surface area contributed by atoms with Gasteiger partial charge in [-0.1, -0.05) is 12.1 Å². The first-order valence-corrected chi connectivity index (χ1v) is 12.7. The highest BCUT2D eigenvalue weighted by molar-refractivity contribution is 5.79. The van der Waals surface area contributed by atoms with Gasteiger partial charge in [0, 0.05) is 19.5 Å². The van der Waals surface area contributed by atoms with E-state index in [1.807, 2.05) is 24.3 Å². The highest BCUT2D eigenvalue weighted by atomic mass is 19.4. The third-order valence-corrected chi connectivity index (χ3v) is 5.62. The standard InChI is InChI=1S/C26H34F3N5O5/c1-4-38-23(36)25(2,3)39-20-12-7-11-19(18-20)10-5-6-15-31-21-22(35)33(16-8-13-26(27,28)29)24(37)34(32-21)17-9-14-30/h7,11-12,18H,4-6,8-10,13,15-17H2,1-3H3,(H,31,32). The second-order valence-electron chi connectivity index (χ2n) is 9.30. The summed E-state index contributed by atoms with van der Waals surface area (Å²) in [5.74, 6) is -0.0943. The number of carbonyl (C=O) groups is 1. The Morgan fingerprint density at radius 1 is 1.15 bits per heavy atom. The molecule has 0 atom stereocenters. The van der Waals surface area contributed by atoms with E-state index in [1.165, 1.54) is 0 Å². The Morgan fingerprint density at radius 2 is 1.90 bits per heavy atom. The summed E-state index contributed by atoms with van der Waals surface area (Å²) in [5, 5.41) is 15.7. The first-order chi connectivity index (χ1) is 18.4. The van der Waals surface area contributed by atoms with Crippen LogP contribution < -0.4 is 21.3 Å². The van der Waals surface area contributed by atoms with Crippen molar-refractivity contribution >= 4 is 11.8 Å². The molecule has 13 heteroatoms. The van der Waals surface area contributed by atoms with Crippen LogP contribution in [0, 0.1) is 11.3 Å². The highest BCUT2D eigenvalue weighted by Gasteiger charge is 2.31. The van der Waals surface area contributed by atoms with Gasteiger partial charge in [-0.25, -0.2) is 14.3 Å². The van der Waals surface area contributed by atoms with Crippen molar-refractivity contribution < 1.29 is 27.4 Å². The van der Waals surface area contributed by atoms with Gasteiger partial charge in [-0.05, 0) is 64.2 Å². The molecule has 0 saturated carbocycles. The van der Waals surface area contributed by atoms with Crippen LogP contribution in [0.4, 0.5) is 19.0 Å². The van der Waals surface area contributed by atoms with Crippen molar-refractivity contribution in [2.45, 2.75) is 84.2 Å². The molecule has 1 heterocycles. The average molecular weight is 554 g/mol. The van der Waals surface area contributed by atoms with Gasteiger partial charge in [0.05, 0.1) is 25.6 Å². The van der Waals surface area contributed by atoms with Crippen LogP contribution in [-0.2, 0) is 29.0 Å². The molecular formula is C26H34F3N5O5. The van der Waals surface area contributed by atoms with Crippen molar-refractivity contribution in [3.63, 3.8) is 0 Å². The van der Waals surface area contributed by atoms with Crippen LogP contribution in [0.2, 0.25) is 0 Å². The molecule has 10 nitrogen and oxygen atoms in total. The van der Waals surface area contributed by atoms with E-state index in [-0.39, 0.29) is 25.4 Å². The normalized spacial score (nSPS) is 11.6. The molecule has 0 amide bonds. The van der Waals surface area contributed by atoms with E-state index in [2.05, 4.69) is 10.4 Å². The molecule has 2 rings (SSSR count). The SMILES string of the molecule is CCOC(=O)C(C)(C)Oc1cccc(CCCCNc2nn(CCC#N)c(=O)n(CCCC(F)(F)F)c2=O)c1. The van der Waals surface area contributed by atoms with Crippen molar-refractivity contribution in [2.75, 3.05) is 18.5 Å². The van der Waals surface area contributed by atoms with E-state index >= 15 is 0 Å². The van der Waals surface area contributed by atoms with Crippen LogP contribution in [0.25, 0.3) is 0 Å². The summed E-state index contributed by atoms with van der Waals surface area (Å²) in [6.45, 7) is 5.06. The Bertz CT molecular complexity index is 1260. The van der Waals surface area contributed by atoms with Gasteiger partial charge in [0.25, 0.3) is 5.56 Å². The molecule has 1 aromatic carbocycles. The van der Waals surface area contributed by atoms with Gasteiger partial charge in [0.1, 0.15) is 5.75 Å². The van der Waals surface area contributed by atoms with Crippen LogP contribution >= 0.6 is 0 Å². The zero-order valence-corrected chi connectivity index (χ0v) is 22.3. The molecule has 1 N–H and O–H groups in total. The van der Waals surface area contributed by atoms with Crippen LogP contribution in [0.3, 0.4) is 0 Å². The second-order valence-corrected chi connectivity index (χ2v) is 9.30. The summed E-state index contributed by atoms with van der Waals surface area (Å²) in [4.78, 5) is 37.3. The Hall–Kier alpha value is -3.82. The smallest absolute Gasteiger partial charge is 0.389 e. The minimum atomic E-state index is -4.40. The lowest BCUT2D eigenvalue weighted by Crippen LogP contribution is -2.43. The monoisotopic (exact) mass is 553 g/mol. The Labute approximate surface area is 224 Å². The number of nitrogens with zero attached hydrogens (tertiary/aromatic N) is 4. The molecular weight excluding hydrogens is 519 g/mol. The summed E-state index contributed by atoms with van der Waals surface area (Å²) >= 11 is 0. The van der Waals surface area contributed by atoms with E-state index < -0.39 is 48.4 Å². The number of alkyl halides is 3. The molecule has 0 saturated heterocycles. The largest absolute Gasteiger partial charge is 0.476 e. The number of ether oxygens (including phenoxy) is 2. The Kier molecular flexibility index (Phi) is 11.6. The number of hydrogen-bond acceptors (Lipinski definition) is 8. The number of anilines is 1. The first kappa shape index (κ1) is 31.4. The number of esters is 1. The van der Waals surface area contributed by atoms with Crippen molar-refractivity contribution in [3.05, 3.63) is 50.7 Å². The molecule has 0 spiro atoms. The summed E-state index contributed by atoms with van der Waals surface area (Å²) in [6.07, 6.45) is -4.01. The quantitative estimate of drug-likeness (QED) is 0.260. The topological polar surface area (TPSA) is 128 Å². The summed E-state index contributed by atoms with van der Waals surface area (Å²) in [5.41, 5.74) is -1.82. The van der Waals surface area contributed by atoms with Gasteiger partial charge in [0.2, 0.25) is 5.82 Å². The Morgan fingerprint density at radius 3 is 2.56 bits per heavy atom. The Balaban J connectivity index is 2.00. The fourth-order valence-corrected chi connectivity index (χ4v) is 3.67. The first-order valence-electron chi connectivity index (χ1n) is 12.7. The van der Waals surface area contributed by atoms with E-state index in [9.17, 15) is 27.6 Å². The highest BCUT2D eigenvalue weighted by Crippen LogP contribution is 2.22. The molecule has 39 heavy (non-hydrogen) atoms. The number of aryl methyl sites for hydroxylation is 2. The van der Waals surface area contributed by atoms with Crippen molar-refractivity contribution in [1.82, 2.24) is 14.3 Å². The van der Waals surface area contributed by atoms with E-state index in [0.29, 0.717) is 31.6 Å². The summed E-state index contributed by atoms with van der Waals surface area (Å²) in [7, 11) is 0. The van der Waals surface area contributed by atoms with Crippen LogP contribution in [0.5, 0.6) is 5.75 Å². The molecule has 1 aromatic heterocycles. The number of rotatable bonds is 15. The predicted octanol–water partition coefficient (Wildman–Crippen LogP) is 3.82. The lowest BCUT2D eigenvalue weighted by atomic mass is 10.1. The fourth-order valence-electron chi connectivity index (χ4n) is 3.67. The molecule has 0 fully saturated rings. The predicted molar refractivity (Wildman–Crippen MR) is 137 cm³/mol. The van der Waals surface area contributed by atoms with E-state index in [0.717, 1.165) is 14.8 Å². The second kappa shape index (κ2) is 14.4. The molecule has 0 radical (unpaired) electrons. The van der Waals surface area contributed by atoms with Gasteiger partial charge >= 0.3 is 17.8 Å². The zero-order chi connectivity index (χ0) is 29.1. The van der Waals surface area contributed by atoms with Crippen molar-refractivity contribution in [3.8, 4) is 11.8 Å². The molecule has 0 unspecified atom stereocenters. The third kappa shape index (κ3) is 10.1. The van der Waals surface area contributed by atoms with Crippen LogP contribution in [0.1, 0.15) is 58.4 Å². The number of unbranched alkanes of at least 4 members (excludes halogenated alkanes) is 1. The maximum absolute atomic E-state index is 12.7. The van der Waals surface area contributed by atoms with Crippen LogP contribution in [-0.4, -0.2) is 45.2 Å². The molecule has 0 bridgehead atoms. The molecule has 2 aromatic rings. The molecule has 214 valence electrons. The van der Waals surface area contributed by atoms with E-state index in [4.69, 9.17) is 14.7 Å². The maximum atomic E-state index is 12.7. The number of halogens is 3. The number of nitriles is 1. The van der Waals surface area contributed by atoms with Crippen molar-refractivity contribution in [1.29, 1.82) is 5.26 Å². The van der Waals surface area contributed by atoms with Gasteiger partial charge < -0.3 is 14.8 Å². The molecule has 0 aliphatic rings.